The first-order chi connectivity index (χ1) is 11.7. The van der Waals surface area contributed by atoms with E-state index in [9.17, 15) is 4.79 Å². The van der Waals surface area contributed by atoms with Crippen LogP contribution in [0.25, 0.3) is 0 Å². The molecule has 1 amide bonds. The van der Waals surface area contributed by atoms with Gasteiger partial charge in [-0.15, -0.1) is 0 Å². The van der Waals surface area contributed by atoms with Crippen LogP contribution in [0.2, 0.25) is 0 Å². The van der Waals surface area contributed by atoms with Crippen LogP contribution in [0.1, 0.15) is 60.8 Å². The van der Waals surface area contributed by atoms with E-state index in [1.54, 1.807) is 0 Å². The van der Waals surface area contributed by atoms with Gasteiger partial charge < -0.3 is 10.3 Å². The molecular formula is C18H22N4O2. The normalized spacial score (nSPS) is 23.1. The molecule has 0 unspecified atom stereocenters. The minimum absolute atomic E-state index is 0.195. The summed E-state index contributed by atoms with van der Waals surface area (Å²) in [5.74, 6) is 1.90. The lowest BCUT2D eigenvalue weighted by Gasteiger charge is -2.36. The van der Waals surface area contributed by atoms with Gasteiger partial charge in [0.15, 0.2) is 5.82 Å². The lowest BCUT2D eigenvalue weighted by Crippen LogP contribution is -2.43. The molecule has 0 spiro atoms. The van der Waals surface area contributed by atoms with Crippen molar-refractivity contribution in [1.82, 2.24) is 15.0 Å². The predicted octanol–water partition coefficient (Wildman–Crippen LogP) is 2.35. The minimum atomic E-state index is -0.399. The lowest BCUT2D eigenvalue weighted by molar-refractivity contribution is -0.124. The van der Waals surface area contributed by atoms with E-state index >= 15 is 0 Å². The highest BCUT2D eigenvalue weighted by molar-refractivity contribution is 5.81. The molecule has 1 saturated heterocycles. The van der Waals surface area contributed by atoms with Crippen LogP contribution in [-0.2, 0) is 4.79 Å². The van der Waals surface area contributed by atoms with E-state index < -0.39 is 6.04 Å². The Labute approximate surface area is 141 Å². The first-order valence-electron chi connectivity index (χ1n) is 8.64. The molecule has 6 nitrogen and oxygen atoms in total. The number of piperidine rings is 1. The maximum atomic E-state index is 12.1. The Morgan fingerprint density at radius 3 is 2.71 bits per heavy atom. The lowest BCUT2D eigenvalue weighted by atomic mass is 9.94. The van der Waals surface area contributed by atoms with Crippen molar-refractivity contribution in [3.63, 3.8) is 0 Å². The third kappa shape index (κ3) is 3.06. The predicted molar refractivity (Wildman–Crippen MR) is 88.2 cm³/mol. The van der Waals surface area contributed by atoms with Crippen LogP contribution in [0.15, 0.2) is 34.9 Å². The second kappa shape index (κ2) is 6.36. The summed E-state index contributed by atoms with van der Waals surface area (Å²) in [7, 11) is 0. The molecule has 2 N–H and O–H groups in total. The third-order valence-electron chi connectivity index (χ3n) is 4.95. The zero-order valence-corrected chi connectivity index (χ0v) is 13.6. The number of carbonyl (C=O) groups excluding carboxylic acids is 1. The zero-order chi connectivity index (χ0) is 16.5. The number of benzene rings is 1. The molecule has 2 heterocycles. The van der Waals surface area contributed by atoms with Crippen LogP contribution >= 0.6 is 0 Å². The van der Waals surface area contributed by atoms with E-state index in [2.05, 4.69) is 15.0 Å². The third-order valence-corrected chi connectivity index (χ3v) is 4.95. The van der Waals surface area contributed by atoms with Gasteiger partial charge in [-0.25, -0.2) is 0 Å². The van der Waals surface area contributed by atoms with Crippen molar-refractivity contribution in [1.29, 1.82) is 0 Å². The number of hydrogen-bond donors (Lipinski definition) is 1. The van der Waals surface area contributed by atoms with Gasteiger partial charge in [0.1, 0.15) is 6.04 Å². The molecule has 1 aromatic heterocycles. The molecule has 0 radical (unpaired) electrons. The number of likely N-dealkylation sites (tertiary alicyclic amines) is 1. The SMILES string of the molecule is NC(=O)[C@@H](c1ccccc1)N1CCC[C@H](c2noc(C3CC3)n2)C1. The van der Waals surface area contributed by atoms with Crippen LogP contribution in [0.4, 0.5) is 0 Å². The zero-order valence-electron chi connectivity index (χ0n) is 13.6. The van der Waals surface area contributed by atoms with Crippen molar-refractivity contribution < 1.29 is 9.32 Å². The van der Waals surface area contributed by atoms with Crippen LogP contribution in [-0.4, -0.2) is 34.0 Å². The molecule has 1 aromatic carbocycles. The van der Waals surface area contributed by atoms with Gasteiger partial charge in [0, 0.05) is 18.4 Å². The molecule has 2 fully saturated rings. The maximum absolute atomic E-state index is 12.1. The Balaban J connectivity index is 1.53. The summed E-state index contributed by atoms with van der Waals surface area (Å²) in [6, 6.07) is 9.33. The largest absolute Gasteiger partial charge is 0.368 e. The molecule has 2 atom stereocenters. The monoisotopic (exact) mass is 326 g/mol. The highest BCUT2D eigenvalue weighted by Gasteiger charge is 2.34. The molecule has 6 heteroatoms. The molecule has 0 bridgehead atoms. The summed E-state index contributed by atoms with van der Waals surface area (Å²) in [5.41, 5.74) is 6.65. The van der Waals surface area contributed by atoms with Gasteiger partial charge in [-0.2, -0.15) is 4.98 Å². The van der Waals surface area contributed by atoms with Crippen molar-refractivity contribution in [2.24, 2.45) is 5.73 Å². The summed E-state index contributed by atoms with van der Waals surface area (Å²) in [5, 5.41) is 4.18. The van der Waals surface area contributed by atoms with Crippen molar-refractivity contribution in [2.45, 2.75) is 43.6 Å². The van der Waals surface area contributed by atoms with Gasteiger partial charge in [-0.3, -0.25) is 9.69 Å². The average molecular weight is 326 g/mol. The Morgan fingerprint density at radius 1 is 1.21 bits per heavy atom. The first-order valence-corrected chi connectivity index (χ1v) is 8.64. The molecule has 1 aliphatic carbocycles. The fraction of sp³-hybridized carbons (Fsp3) is 0.500. The minimum Gasteiger partial charge on any atom is -0.368 e. The summed E-state index contributed by atoms with van der Waals surface area (Å²) >= 11 is 0. The number of carbonyl (C=O) groups is 1. The standard InChI is InChI=1S/C18H22N4O2/c19-16(23)15(12-5-2-1-3-6-12)22-10-4-7-14(11-22)17-20-18(24-21-17)13-8-9-13/h1-3,5-6,13-15H,4,7-11H2,(H2,19,23)/t14-,15+/m0/s1. The Morgan fingerprint density at radius 2 is 2.00 bits per heavy atom. The van der Waals surface area contributed by atoms with Gasteiger partial charge in [0.05, 0.1) is 0 Å². The second-order valence-electron chi connectivity index (χ2n) is 6.81. The number of amides is 1. The molecule has 126 valence electrons. The van der Waals surface area contributed by atoms with Crippen molar-refractivity contribution >= 4 is 5.91 Å². The highest BCUT2D eigenvalue weighted by atomic mass is 16.5. The Kier molecular flexibility index (Phi) is 4.06. The van der Waals surface area contributed by atoms with Crippen LogP contribution in [0.3, 0.4) is 0 Å². The summed E-state index contributed by atoms with van der Waals surface area (Å²) in [6.45, 7) is 1.58. The van der Waals surface area contributed by atoms with Crippen LogP contribution < -0.4 is 5.73 Å². The smallest absolute Gasteiger partial charge is 0.239 e. The van der Waals surface area contributed by atoms with Gasteiger partial charge >= 0.3 is 0 Å². The molecule has 24 heavy (non-hydrogen) atoms. The number of nitrogens with two attached hydrogens (primary N) is 1. The summed E-state index contributed by atoms with van der Waals surface area (Å²) in [4.78, 5) is 18.8. The van der Waals surface area contributed by atoms with E-state index in [1.807, 2.05) is 30.3 Å². The van der Waals surface area contributed by atoms with Gasteiger partial charge in [0.25, 0.3) is 0 Å². The van der Waals surface area contributed by atoms with Gasteiger partial charge in [-0.1, -0.05) is 35.5 Å². The fourth-order valence-corrected chi connectivity index (χ4v) is 3.55. The van der Waals surface area contributed by atoms with E-state index in [1.165, 1.54) is 0 Å². The fourth-order valence-electron chi connectivity index (χ4n) is 3.55. The van der Waals surface area contributed by atoms with Crippen molar-refractivity contribution in [3.8, 4) is 0 Å². The van der Waals surface area contributed by atoms with E-state index in [-0.39, 0.29) is 11.8 Å². The second-order valence-corrected chi connectivity index (χ2v) is 6.81. The van der Waals surface area contributed by atoms with E-state index in [0.717, 1.165) is 56.1 Å². The summed E-state index contributed by atoms with van der Waals surface area (Å²) in [6.07, 6.45) is 4.31. The average Bonchev–Trinajstić information content (AvgIpc) is 3.33. The number of primary amides is 1. The molecule has 4 rings (SSSR count). The van der Waals surface area contributed by atoms with Crippen molar-refractivity contribution in [2.75, 3.05) is 13.1 Å². The van der Waals surface area contributed by atoms with Gasteiger partial charge in [-0.05, 0) is 37.8 Å². The Hall–Kier alpha value is -2.21. The molecule has 2 aromatic rings. The number of aromatic nitrogens is 2. The topological polar surface area (TPSA) is 85.3 Å². The molecule has 2 aliphatic rings. The number of nitrogens with zero attached hydrogens (tertiary/aromatic N) is 3. The van der Waals surface area contributed by atoms with E-state index in [0.29, 0.717) is 5.92 Å². The molecular weight excluding hydrogens is 304 g/mol. The quantitative estimate of drug-likeness (QED) is 0.911. The van der Waals surface area contributed by atoms with Crippen LogP contribution in [0.5, 0.6) is 0 Å². The Bertz CT molecular complexity index is 711. The first kappa shape index (κ1) is 15.3. The molecule has 1 saturated carbocycles. The van der Waals surface area contributed by atoms with Crippen molar-refractivity contribution in [3.05, 3.63) is 47.6 Å². The van der Waals surface area contributed by atoms with Gasteiger partial charge in [0.2, 0.25) is 11.8 Å². The van der Waals surface area contributed by atoms with Crippen LogP contribution in [0, 0.1) is 0 Å². The number of rotatable bonds is 5. The maximum Gasteiger partial charge on any atom is 0.239 e. The van der Waals surface area contributed by atoms with E-state index in [4.69, 9.17) is 10.3 Å². The summed E-state index contributed by atoms with van der Waals surface area (Å²) < 4.78 is 5.40. The highest BCUT2D eigenvalue weighted by Crippen LogP contribution is 2.40. The molecule has 1 aliphatic heterocycles. The number of hydrogen-bond acceptors (Lipinski definition) is 5.